The van der Waals surface area contributed by atoms with Crippen molar-refractivity contribution in [2.24, 2.45) is 0 Å². The Kier molecular flexibility index (Phi) is 6.12. The monoisotopic (exact) mass is 218 g/mol. The zero-order valence-corrected chi connectivity index (χ0v) is 9.41. The maximum atomic E-state index is 11.6. The highest BCUT2D eigenvalue weighted by Gasteiger charge is 2.31. The lowest BCUT2D eigenvalue weighted by molar-refractivity contribution is -0.199. The number of methoxy groups -OCH3 is 2. The molecule has 15 heavy (non-hydrogen) atoms. The summed E-state index contributed by atoms with van der Waals surface area (Å²) in [4.78, 5) is 21.8. The molecule has 0 aromatic rings. The van der Waals surface area contributed by atoms with Gasteiger partial charge in [-0.3, -0.25) is 9.59 Å². The lowest BCUT2D eigenvalue weighted by Crippen LogP contribution is -2.39. The first-order chi connectivity index (χ1) is 6.96. The molecule has 0 saturated carbocycles. The van der Waals surface area contributed by atoms with Gasteiger partial charge in [-0.25, -0.2) is 0 Å². The summed E-state index contributed by atoms with van der Waals surface area (Å²) in [6.45, 7) is 1.55. The molecule has 1 N–H and O–H groups in total. The van der Waals surface area contributed by atoms with E-state index in [1.54, 1.807) is 6.92 Å². The Balaban J connectivity index is 3.87. The molecule has 0 radical (unpaired) electrons. The molecule has 0 aromatic heterocycles. The van der Waals surface area contributed by atoms with Crippen molar-refractivity contribution >= 4 is 11.8 Å². The Morgan fingerprint density at radius 3 is 2.00 bits per heavy atom. The molecular formula is C10H18O5. The summed E-state index contributed by atoms with van der Waals surface area (Å²) in [5, 5.41) is 8.40. The predicted molar refractivity (Wildman–Crippen MR) is 53.5 cm³/mol. The molecular weight excluding hydrogens is 200 g/mol. The van der Waals surface area contributed by atoms with E-state index in [-0.39, 0.29) is 18.6 Å². The van der Waals surface area contributed by atoms with Gasteiger partial charge in [0.15, 0.2) is 5.78 Å². The van der Waals surface area contributed by atoms with Gasteiger partial charge in [-0.05, 0) is 19.8 Å². The number of hydrogen-bond acceptors (Lipinski definition) is 4. The summed E-state index contributed by atoms with van der Waals surface area (Å²) in [5.74, 6) is -2.22. The number of carbonyl (C=O) groups excluding carboxylic acids is 1. The van der Waals surface area contributed by atoms with Crippen molar-refractivity contribution in [2.45, 2.75) is 38.4 Å². The van der Waals surface area contributed by atoms with E-state index in [0.717, 1.165) is 0 Å². The molecule has 0 saturated heterocycles. The van der Waals surface area contributed by atoms with Crippen molar-refractivity contribution in [3.05, 3.63) is 0 Å². The Morgan fingerprint density at radius 2 is 1.60 bits per heavy atom. The fourth-order valence-electron chi connectivity index (χ4n) is 1.10. The molecule has 0 rings (SSSR count). The summed E-state index contributed by atoms with van der Waals surface area (Å²) in [6.07, 6.45) is 1.38. The number of carboxylic acid groups (broad SMARTS) is 1. The fraction of sp³-hybridized carbons (Fsp3) is 0.800. The van der Waals surface area contributed by atoms with Gasteiger partial charge in [-0.2, -0.15) is 0 Å². The van der Waals surface area contributed by atoms with Crippen LogP contribution in [0.3, 0.4) is 0 Å². The number of ether oxygens (including phenoxy) is 2. The minimum Gasteiger partial charge on any atom is -0.481 e. The van der Waals surface area contributed by atoms with Crippen LogP contribution in [0.5, 0.6) is 0 Å². The molecule has 5 heteroatoms. The van der Waals surface area contributed by atoms with Gasteiger partial charge in [-0.1, -0.05) is 0 Å². The fourth-order valence-corrected chi connectivity index (χ4v) is 1.10. The topological polar surface area (TPSA) is 72.8 Å². The zero-order valence-electron chi connectivity index (χ0n) is 9.41. The second-order valence-corrected chi connectivity index (χ2v) is 3.38. The highest BCUT2D eigenvalue weighted by molar-refractivity contribution is 5.85. The van der Waals surface area contributed by atoms with Crippen LogP contribution in [0.15, 0.2) is 0 Å². The van der Waals surface area contributed by atoms with Crippen LogP contribution >= 0.6 is 0 Å². The Morgan fingerprint density at radius 1 is 1.13 bits per heavy atom. The van der Waals surface area contributed by atoms with E-state index in [4.69, 9.17) is 14.6 Å². The van der Waals surface area contributed by atoms with Crippen LogP contribution in [-0.4, -0.2) is 36.9 Å². The van der Waals surface area contributed by atoms with E-state index in [9.17, 15) is 9.59 Å². The molecule has 0 unspecified atom stereocenters. The smallest absolute Gasteiger partial charge is 0.303 e. The van der Waals surface area contributed by atoms with Gasteiger partial charge in [0.1, 0.15) is 0 Å². The lowest BCUT2D eigenvalue weighted by Gasteiger charge is -2.24. The Labute approximate surface area is 89.4 Å². The number of rotatable bonds is 8. The molecule has 0 aliphatic rings. The maximum Gasteiger partial charge on any atom is 0.303 e. The van der Waals surface area contributed by atoms with Crippen molar-refractivity contribution < 1.29 is 24.2 Å². The molecule has 5 nitrogen and oxygen atoms in total. The molecule has 0 fully saturated rings. The van der Waals surface area contributed by atoms with Crippen molar-refractivity contribution in [1.29, 1.82) is 0 Å². The molecule has 0 atom stereocenters. The number of carboxylic acids is 1. The highest BCUT2D eigenvalue weighted by Crippen LogP contribution is 2.15. The zero-order chi connectivity index (χ0) is 11.9. The Bertz CT molecular complexity index is 220. The summed E-state index contributed by atoms with van der Waals surface area (Å²) >= 11 is 0. The van der Waals surface area contributed by atoms with Gasteiger partial charge in [0.05, 0.1) is 0 Å². The first-order valence-electron chi connectivity index (χ1n) is 4.81. The summed E-state index contributed by atoms with van der Waals surface area (Å²) in [5.41, 5.74) is 0. The number of Topliss-reactive ketones (excluding diaryl/α,β-unsaturated/α-hetero) is 1. The maximum absolute atomic E-state index is 11.6. The van der Waals surface area contributed by atoms with Crippen LogP contribution in [0.4, 0.5) is 0 Å². The second kappa shape index (κ2) is 6.53. The van der Waals surface area contributed by atoms with Crippen molar-refractivity contribution in [3.63, 3.8) is 0 Å². The molecule has 0 amide bonds. The predicted octanol–water partition coefficient (Wildman–Crippen LogP) is 1.21. The van der Waals surface area contributed by atoms with Crippen molar-refractivity contribution in [2.75, 3.05) is 14.2 Å². The van der Waals surface area contributed by atoms with Crippen molar-refractivity contribution in [1.82, 2.24) is 0 Å². The number of carbonyl (C=O) groups is 2. The third-order valence-corrected chi connectivity index (χ3v) is 2.33. The minimum atomic E-state index is -1.21. The van der Waals surface area contributed by atoms with Crippen LogP contribution in [0.25, 0.3) is 0 Å². The van der Waals surface area contributed by atoms with Gasteiger partial charge >= 0.3 is 5.97 Å². The van der Waals surface area contributed by atoms with Gasteiger partial charge in [0, 0.05) is 27.1 Å². The van der Waals surface area contributed by atoms with Crippen LogP contribution in [0.1, 0.15) is 32.6 Å². The normalized spacial score (nSPS) is 11.4. The minimum absolute atomic E-state index is 0.0873. The average Bonchev–Trinajstić information content (AvgIpc) is 2.22. The van der Waals surface area contributed by atoms with E-state index >= 15 is 0 Å². The van der Waals surface area contributed by atoms with E-state index in [1.807, 2.05) is 0 Å². The highest BCUT2D eigenvalue weighted by atomic mass is 16.7. The first-order valence-corrected chi connectivity index (χ1v) is 4.81. The third kappa shape index (κ3) is 4.90. The molecule has 0 aliphatic heterocycles. The molecule has 88 valence electrons. The van der Waals surface area contributed by atoms with E-state index in [0.29, 0.717) is 12.8 Å². The van der Waals surface area contributed by atoms with Crippen molar-refractivity contribution in [3.8, 4) is 0 Å². The average molecular weight is 218 g/mol. The standard InChI is InChI=1S/C10H18O5/c1-10(14-2,15-3)8(11)6-4-5-7-9(12)13/h4-7H2,1-3H3,(H,12,13). The van der Waals surface area contributed by atoms with E-state index in [1.165, 1.54) is 14.2 Å². The third-order valence-electron chi connectivity index (χ3n) is 2.33. The summed E-state index contributed by atoms with van der Waals surface area (Å²) in [7, 11) is 2.80. The number of ketones is 1. The molecule has 0 bridgehead atoms. The van der Waals surface area contributed by atoms with Gasteiger partial charge in [0.25, 0.3) is 0 Å². The molecule has 0 heterocycles. The number of unbranched alkanes of at least 4 members (excludes halogenated alkanes) is 1. The molecule has 0 aliphatic carbocycles. The first kappa shape index (κ1) is 14.1. The van der Waals surface area contributed by atoms with Gasteiger partial charge in [-0.15, -0.1) is 0 Å². The van der Waals surface area contributed by atoms with Gasteiger partial charge < -0.3 is 14.6 Å². The molecule has 0 aromatic carbocycles. The summed E-state index contributed by atoms with van der Waals surface area (Å²) < 4.78 is 9.88. The van der Waals surface area contributed by atoms with E-state index in [2.05, 4.69) is 0 Å². The largest absolute Gasteiger partial charge is 0.481 e. The van der Waals surface area contributed by atoms with E-state index < -0.39 is 11.8 Å². The molecule has 0 spiro atoms. The second-order valence-electron chi connectivity index (χ2n) is 3.38. The lowest BCUT2D eigenvalue weighted by atomic mass is 10.1. The summed E-state index contributed by atoms with van der Waals surface area (Å²) in [6, 6.07) is 0. The van der Waals surface area contributed by atoms with Crippen LogP contribution < -0.4 is 0 Å². The van der Waals surface area contributed by atoms with Crippen LogP contribution in [0, 0.1) is 0 Å². The van der Waals surface area contributed by atoms with Crippen LogP contribution in [-0.2, 0) is 19.1 Å². The Hall–Kier alpha value is -0.940. The van der Waals surface area contributed by atoms with Crippen LogP contribution in [0.2, 0.25) is 0 Å². The number of aliphatic carboxylic acids is 1. The number of hydrogen-bond donors (Lipinski definition) is 1. The van der Waals surface area contributed by atoms with Gasteiger partial charge in [0.2, 0.25) is 5.79 Å². The SMILES string of the molecule is COC(C)(OC)C(=O)CCCCC(=O)O. The quantitative estimate of drug-likeness (QED) is 0.489.